The molecule has 1 N–H and O–H groups in total. The van der Waals surface area contributed by atoms with Crippen molar-refractivity contribution in [3.8, 4) is 0 Å². The van der Waals surface area contributed by atoms with E-state index in [2.05, 4.69) is 12.2 Å². The highest BCUT2D eigenvalue weighted by atomic mass is 32.1. The van der Waals surface area contributed by atoms with Crippen LogP contribution in [0.5, 0.6) is 0 Å². The quantitative estimate of drug-likeness (QED) is 0.847. The van der Waals surface area contributed by atoms with Crippen LogP contribution in [0.4, 0.5) is 5.69 Å². The number of amides is 2. The van der Waals surface area contributed by atoms with Gasteiger partial charge in [-0.3, -0.25) is 9.59 Å². The predicted octanol–water partition coefficient (Wildman–Crippen LogP) is 4.35. The maximum Gasteiger partial charge on any atom is 0.265 e. The molecule has 0 bridgehead atoms. The zero-order chi connectivity index (χ0) is 17.7. The molecule has 0 aliphatic rings. The van der Waals surface area contributed by atoms with E-state index in [1.807, 2.05) is 26.8 Å². The molecule has 1 heterocycles. The summed E-state index contributed by atoms with van der Waals surface area (Å²) in [5.74, 6) is -0.147. The van der Waals surface area contributed by atoms with Crippen molar-refractivity contribution in [2.45, 2.75) is 34.1 Å². The van der Waals surface area contributed by atoms with E-state index < -0.39 is 0 Å². The Balaban J connectivity index is 2.16. The van der Waals surface area contributed by atoms with Gasteiger partial charge >= 0.3 is 0 Å². The number of thiophene rings is 1. The van der Waals surface area contributed by atoms with Crippen LogP contribution >= 0.6 is 11.3 Å². The second-order valence-corrected chi connectivity index (χ2v) is 6.72. The number of benzene rings is 1. The SMILES string of the molecule is CCc1sc(C(=O)Nc2cccc(C(=O)N(CC)CC)c2)cc1C. The molecule has 0 saturated carbocycles. The van der Waals surface area contributed by atoms with E-state index in [0.717, 1.165) is 12.0 Å². The second kappa shape index (κ2) is 8.11. The lowest BCUT2D eigenvalue weighted by Crippen LogP contribution is -2.30. The van der Waals surface area contributed by atoms with E-state index in [9.17, 15) is 9.59 Å². The number of anilines is 1. The summed E-state index contributed by atoms with van der Waals surface area (Å²) in [6.45, 7) is 9.35. The fourth-order valence-electron chi connectivity index (χ4n) is 2.60. The van der Waals surface area contributed by atoms with Gasteiger partial charge in [-0.05, 0) is 57.0 Å². The second-order valence-electron chi connectivity index (χ2n) is 5.58. The average molecular weight is 344 g/mol. The smallest absolute Gasteiger partial charge is 0.265 e. The lowest BCUT2D eigenvalue weighted by atomic mass is 10.1. The molecule has 2 amide bonds. The molecule has 0 fully saturated rings. The lowest BCUT2D eigenvalue weighted by Gasteiger charge is -2.18. The van der Waals surface area contributed by atoms with Crippen molar-refractivity contribution < 1.29 is 9.59 Å². The molecule has 0 aliphatic carbocycles. The molecule has 4 nitrogen and oxygen atoms in total. The minimum Gasteiger partial charge on any atom is -0.339 e. The summed E-state index contributed by atoms with van der Waals surface area (Å²) >= 11 is 1.52. The van der Waals surface area contributed by atoms with Crippen LogP contribution in [-0.2, 0) is 6.42 Å². The molecule has 1 aromatic carbocycles. The van der Waals surface area contributed by atoms with Gasteiger partial charge in [0.1, 0.15) is 0 Å². The molecular weight excluding hydrogens is 320 g/mol. The summed E-state index contributed by atoms with van der Waals surface area (Å²) in [6, 6.07) is 9.03. The predicted molar refractivity (Wildman–Crippen MR) is 100 cm³/mol. The van der Waals surface area contributed by atoms with E-state index in [1.54, 1.807) is 29.2 Å². The molecule has 0 unspecified atom stereocenters. The number of nitrogens with zero attached hydrogens (tertiary/aromatic N) is 1. The van der Waals surface area contributed by atoms with Gasteiger partial charge < -0.3 is 10.2 Å². The Morgan fingerprint density at radius 2 is 1.83 bits per heavy atom. The fraction of sp³-hybridized carbons (Fsp3) is 0.368. The van der Waals surface area contributed by atoms with Crippen LogP contribution < -0.4 is 5.32 Å². The molecule has 0 atom stereocenters. The summed E-state index contributed by atoms with van der Waals surface area (Å²) in [4.78, 5) is 28.5. The summed E-state index contributed by atoms with van der Waals surface area (Å²) in [7, 11) is 0. The number of aryl methyl sites for hydroxylation is 2. The number of rotatable bonds is 6. The zero-order valence-electron chi connectivity index (χ0n) is 14.7. The Hall–Kier alpha value is -2.14. The van der Waals surface area contributed by atoms with Crippen LogP contribution in [0.15, 0.2) is 30.3 Å². The Bertz CT molecular complexity index is 733. The van der Waals surface area contributed by atoms with E-state index in [-0.39, 0.29) is 11.8 Å². The van der Waals surface area contributed by atoms with Gasteiger partial charge in [0, 0.05) is 29.2 Å². The van der Waals surface area contributed by atoms with Gasteiger partial charge in [-0.2, -0.15) is 0 Å². The van der Waals surface area contributed by atoms with Gasteiger partial charge in [0.15, 0.2) is 0 Å². The Labute approximate surface area is 147 Å². The molecular formula is C19H24N2O2S. The largest absolute Gasteiger partial charge is 0.339 e. The molecule has 0 spiro atoms. The Morgan fingerprint density at radius 3 is 2.42 bits per heavy atom. The number of carbonyl (C=O) groups is 2. The summed E-state index contributed by atoms with van der Waals surface area (Å²) in [6.07, 6.45) is 0.928. The molecule has 2 aromatic rings. The first kappa shape index (κ1) is 18.2. The maximum atomic E-state index is 12.4. The summed E-state index contributed by atoms with van der Waals surface area (Å²) < 4.78 is 0. The molecule has 1 aromatic heterocycles. The van der Waals surface area contributed by atoms with Crippen LogP contribution in [0.25, 0.3) is 0 Å². The Morgan fingerprint density at radius 1 is 1.12 bits per heavy atom. The minimum absolute atomic E-state index is 0.0173. The van der Waals surface area contributed by atoms with Crippen LogP contribution in [0, 0.1) is 6.92 Å². The highest BCUT2D eigenvalue weighted by Crippen LogP contribution is 2.23. The Kier molecular flexibility index (Phi) is 6.15. The first-order chi connectivity index (χ1) is 11.5. The van der Waals surface area contributed by atoms with Gasteiger partial charge in [-0.1, -0.05) is 13.0 Å². The van der Waals surface area contributed by atoms with Gasteiger partial charge in [-0.25, -0.2) is 0 Å². The third-order valence-electron chi connectivity index (χ3n) is 3.98. The first-order valence-corrected chi connectivity index (χ1v) is 9.11. The van der Waals surface area contributed by atoms with Gasteiger partial charge in [-0.15, -0.1) is 11.3 Å². The number of hydrogen-bond acceptors (Lipinski definition) is 3. The van der Waals surface area contributed by atoms with Gasteiger partial charge in [0.25, 0.3) is 11.8 Å². The maximum absolute atomic E-state index is 12.4. The topological polar surface area (TPSA) is 49.4 Å². The monoisotopic (exact) mass is 344 g/mol. The minimum atomic E-state index is -0.129. The third kappa shape index (κ3) is 4.03. The normalized spacial score (nSPS) is 10.5. The lowest BCUT2D eigenvalue weighted by molar-refractivity contribution is 0.0772. The molecule has 0 radical (unpaired) electrons. The van der Waals surface area contributed by atoms with E-state index >= 15 is 0 Å². The van der Waals surface area contributed by atoms with Crippen molar-refractivity contribution >= 4 is 28.8 Å². The number of hydrogen-bond donors (Lipinski definition) is 1. The van der Waals surface area contributed by atoms with Crippen LogP contribution in [0.2, 0.25) is 0 Å². The fourth-order valence-corrected chi connectivity index (χ4v) is 3.61. The standard InChI is InChI=1S/C19H24N2O2S/c1-5-16-13(4)11-17(24-16)18(22)20-15-10-8-9-14(12-15)19(23)21(6-2)7-3/h8-12H,5-7H2,1-4H3,(H,20,22). The van der Waals surface area contributed by atoms with Crippen molar-refractivity contribution in [1.82, 2.24) is 4.90 Å². The van der Waals surface area contributed by atoms with Crippen molar-refractivity contribution in [2.24, 2.45) is 0 Å². The highest BCUT2D eigenvalue weighted by molar-refractivity contribution is 7.14. The first-order valence-electron chi connectivity index (χ1n) is 8.30. The number of nitrogens with one attached hydrogen (secondary N) is 1. The van der Waals surface area contributed by atoms with E-state index in [1.165, 1.54) is 16.2 Å². The highest BCUT2D eigenvalue weighted by Gasteiger charge is 2.15. The van der Waals surface area contributed by atoms with Crippen molar-refractivity contribution in [2.75, 3.05) is 18.4 Å². The van der Waals surface area contributed by atoms with Crippen molar-refractivity contribution in [1.29, 1.82) is 0 Å². The van der Waals surface area contributed by atoms with Crippen LogP contribution in [0.1, 0.15) is 51.2 Å². The third-order valence-corrected chi connectivity index (χ3v) is 5.36. The number of carbonyl (C=O) groups excluding carboxylic acids is 2. The molecule has 2 rings (SSSR count). The molecule has 24 heavy (non-hydrogen) atoms. The van der Waals surface area contributed by atoms with Gasteiger partial charge in [0.05, 0.1) is 4.88 Å². The van der Waals surface area contributed by atoms with Crippen molar-refractivity contribution in [3.63, 3.8) is 0 Å². The molecule has 0 saturated heterocycles. The summed E-state index contributed by atoms with van der Waals surface area (Å²) in [5.41, 5.74) is 2.38. The van der Waals surface area contributed by atoms with E-state index in [4.69, 9.17) is 0 Å². The van der Waals surface area contributed by atoms with Crippen molar-refractivity contribution in [3.05, 3.63) is 51.2 Å². The summed E-state index contributed by atoms with van der Waals surface area (Å²) in [5, 5.41) is 2.89. The zero-order valence-corrected chi connectivity index (χ0v) is 15.5. The van der Waals surface area contributed by atoms with Crippen LogP contribution in [0.3, 0.4) is 0 Å². The average Bonchev–Trinajstić information content (AvgIpc) is 2.97. The molecule has 5 heteroatoms. The van der Waals surface area contributed by atoms with E-state index in [0.29, 0.717) is 29.2 Å². The molecule has 0 aliphatic heterocycles. The molecule has 128 valence electrons. The van der Waals surface area contributed by atoms with Gasteiger partial charge in [0.2, 0.25) is 0 Å². The van der Waals surface area contributed by atoms with Crippen LogP contribution in [-0.4, -0.2) is 29.8 Å².